The third-order valence-corrected chi connectivity index (χ3v) is 4.34. The molecule has 1 unspecified atom stereocenters. The highest BCUT2D eigenvalue weighted by molar-refractivity contribution is 6.31. The van der Waals surface area contributed by atoms with E-state index in [-0.39, 0.29) is 5.38 Å². The molecule has 0 saturated heterocycles. The summed E-state index contributed by atoms with van der Waals surface area (Å²) in [7, 11) is 0. The molecule has 0 N–H and O–H groups in total. The number of rotatable bonds is 5. The summed E-state index contributed by atoms with van der Waals surface area (Å²) in [6.45, 7) is 9.02. The zero-order chi connectivity index (χ0) is 15.6. The van der Waals surface area contributed by atoms with Gasteiger partial charge in [-0.25, -0.2) is 0 Å². The van der Waals surface area contributed by atoms with Crippen molar-refractivity contribution in [3.63, 3.8) is 0 Å². The number of benzene rings is 1. The van der Waals surface area contributed by atoms with Gasteiger partial charge in [-0.3, -0.25) is 4.68 Å². The maximum atomic E-state index is 6.36. The van der Waals surface area contributed by atoms with Crippen LogP contribution in [0.2, 0.25) is 5.02 Å². The van der Waals surface area contributed by atoms with Gasteiger partial charge in [-0.2, -0.15) is 5.10 Å². The molecular formula is C17H22Cl2N2. The van der Waals surface area contributed by atoms with Gasteiger partial charge >= 0.3 is 0 Å². The Morgan fingerprint density at radius 3 is 2.48 bits per heavy atom. The average molecular weight is 325 g/mol. The topological polar surface area (TPSA) is 17.8 Å². The molecule has 4 heteroatoms. The average Bonchev–Trinajstić information content (AvgIpc) is 2.79. The van der Waals surface area contributed by atoms with Gasteiger partial charge in [-0.05, 0) is 43.9 Å². The van der Waals surface area contributed by atoms with E-state index in [1.807, 2.05) is 19.9 Å². The first-order valence-electron chi connectivity index (χ1n) is 7.45. The van der Waals surface area contributed by atoms with Crippen molar-refractivity contribution in [3.05, 3.63) is 51.3 Å². The monoisotopic (exact) mass is 324 g/mol. The lowest BCUT2D eigenvalue weighted by Gasteiger charge is -2.11. The smallest absolute Gasteiger partial charge is 0.0677 e. The molecule has 1 aromatic heterocycles. The highest BCUT2D eigenvalue weighted by atomic mass is 35.5. The minimum atomic E-state index is -0.0165. The van der Waals surface area contributed by atoms with Crippen molar-refractivity contribution in [2.75, 3.05) is 0 Å². The second-order valence-electron chi connectivity index (χ2n) is 5.38. The van der Waals surface area contributed by atoms with E-state index in [1.54, 1.807) is 0 Å². The number of aryl methyl sites for hydroxylation is 2. The second-order valence-corrected chi connectivity index (χ2v) is 6.44. The van der Waals surface area contributed by atoms with Crippen LogP contribution in [-0.4, -0.2) is 9.78 Å². The fourth-order valence-electron chi connectivity index (χ4n) is 2.73. The summed E-state index contributed by atoms with van der Waals surface area (Å²) in [5, 5.41) is 5.53. The van der Waals surface area contributed by atoms with Crippen LogP contribution in [0, 0.1) is 6.92 Å². The molecule has 21 heavy (non-hydrogen) atoms. The van der Waals surface area contributed by atoms with Crippen LogP contribution in [0.25, 0.3) is 0 Å². The van der Waals surface area contributed by atoms with Crippen molar-refractivity contribution in [1.29, 1.82) is 0 Å². The van der Waals surface area contributed by atoms with Crippen LogP contribution in [0.4, 0.5) is 0 Å². The predicted molar refractivity (Wildman–Crippen MR) is 90.5 cm³/mol. The SMILES string of the molecule is CCc1nn(Cc2ccc(C)cc2Cl)c(CC)c1C(C)Cl. The molecule has 0 amide bonds. The lowest BCUT2D eigenvalue weighted by atomic mass is 10.1. The number of hydrogen-bond donors (Lipinski definition) is 0. The molecule has 1 atom stereocenters. The van der Waals surface area contributed by atoms with E-state index in [0.29, 0.717) is 6.54 Å². The summed E-state index contributed by atoms with van der Waals surface area (Å²) in [6.07, 6.45) is 1.82. The number of halogens is 2. The van der Waals surface area contributed by atoms with Gasteiger partial charge in [0.25, 0.3) is 0 Å². The summed E-state index contributed by atoms with van der Waals surface area (Å²) in [5.74, 6) is 0. The van der Waals surface area contributed by atoms with Crippen LogP contribution < -0.4 is 0 Å². The van der Waals surface area contributed by atoms with E-state index in [2.05, 4.69) is 30.7 Å². The Hall–Kier alpha value is -0.990. The number of aromatic nitrogens is 2. The minimum Gasteiger partial charge on any atom is -0.265 e. The minimum absolute atomic E-state index is 0.0165. The highest BCUT2D eigenvalue weighted by Crippen LogP contribution is 2.29. The van der Waals surface area contributed by atoms with Crippen LogP contribution in [0.5, 0.6) is 0 Å². The van der Waals surface area contributed by atoms with E-state index in [4.69, 9.17) is 28.3 Å². The van der Waals surface area contributed by atoms with Gasteiger partial charge in [0.05, 0.1) is 17.6 Å². The summed E-state index contributed by atoms with van der Waals surface area (Å²) in [4.78, 5) is 0. The van der Waals surface area contributed by atoms with Crippen molar-refractivity contribution >= 4 is 23.2 Å². The maximum absolute atomic E-state index is 6.36. The molecule has 0 aliphatic rings. The fourth-order valence-corrected chi connectivity index (χ4v) is 3.28. The van der Waals surface area contributed by atoms with Gasteiger partial charge in [0.1, 0.15) is 0 Å². The maximum Gasteiger partial charge on any atom is 0.0677 e. The number of hydrogen-bond acceptors (Lipinski definition) is 1. The molecule has 2 rings (SSSR count). The molecule has 0 spiro atoms. The van der Waals surface area contributed by atoms with Crippen LogP contribution in [-0.2, 0) is 19.4 Å². The third kappa shape index (κ3) is 3.44. The van der Waals surface area contributed by atoms with E-state index >= 15 is 0 Å². The van der Waals surface area contributed by atoms with Gasteiger partial charge in [-0.15, -0.1) is 11.6 Å². The van der Waals surface area contributed by atoms with Gasteiger partial charge in [-0.1, -0.05) is 37.6 Å². The van der Waals surface area contributed by atoms with Crippen molar-refractivity contribution in [1.82, 2.24) is 9.78 Å². The van der Waals surface area contributed by atoms with Crippen molar-refractivity contribution in [3.8, 4) is 0 Å². The first-order valence-corrected chi connectivity index (χ1v) is 8.26. The van der Waals surface area contributed by atoms with E-state index < -0.39 is 0 Å². The fraction of sp³-hybridized carbons (Fsp3) is 0.471. The molecule has 0 saturated carbocycles. The van der Waals surface area contributed by atoms with Crippen molar-refractivity contribution in [2.24, 2.45) is 0 Å². The first-order chi connectivity index (χ1) is 9.97. The summed E-state index contributed by atoms with van der Waals surface area (Å²) >= 11 is 12.7. The zero-order valence-corrected chi connectivity index (χ0v) is 14.6. The molecular weight excluding hydrogens is 303 g/mol. The molecule has 0 aliphatic heterocycles. The molecule has 0 bridgehead atoms. The Morgan fingerprint density at radius 1 is 1.24 bits per heavy atom. The lowest BCUT2D eigenvalue weighted by Crippen LogP contribution is -2.07. The van der Waals surface area contributed by atoms with Crippen LogP contribution >= 0.6 is 23.2 Å². The Labute approximate surface area is 137 Å². The second kappa shape index (κ2) is 6.85. The summed E-state index contributed by atoms with van der Waals surface area (Å²) < 4.78 is 2.06. The quantitative estimate of drug-likeness (QED) is 0.681. The molecule has 114 valence electrons. The van der Waals surface area contributed by atoms with Crippen molar-refractivity contribution < 1.29 is 0 Å². The third-order valence-electron chi connectivity index (χ3n) is 3.77. The Balaban J connectivity index is 2.44. The largest absolute Gasteiger partial charge is 0.265 e. The summed E-state index contributed by atoms with van der Waals surface area (Å²) in [5.41, 5.74) is 5.76. The Kier molecular flexibility index (Phi) is 5.34. The van der Waals surface area contributed by atoms with E-state index in [0.717, 1.165) is 29.1 Å². The van der Waals surface area contributed by atoms with Gasteiger partial charge in [0, 0.05) is 16.3 Å². The predicted octanol–water partition coefficient (Wildman–Crippen LogP) is 5.32. The van der Waals surface area contributed by atoms with Gasteiger partial charge < -0.3 is 0 Å². The Bertz CT molecular complexity index is 630. The Morgan fingerprint density at radius 2 is 1.95 bits per heavy atom. The van der Waals surface area contributed by atoms with Gasteiger partial charge in [0.2, 0.25) is 0 Å². The number of alkyl halides is 1. The zero-order valence-electron chi connectivity index (χ0n) is 13.1. The molecule has 0 aliphatic carbocycles. The highest BCUT2D eigenvalue weighted by Gasteiger charge is 2.19. The standard InChI is InChI=1S/C17H22Cl2N2/c1-5-15-17(12(4)18)16(6-2)21(20-15)10-13-8-7-11(3)9-14(13)19/h7-9,12H,5-6,10H2,1-4H3. The van der Waals surface area contributed by atoms with Crippen molar-refractivity contribution in [2.45, 2.75) is 52.5 Å². The molecule has 2 aromatic rings. The van der Waals surface area contributed by atoms with Crippen LogP contribution in [0.3, 0.4) is 0 Å². The normalized spacial score (nSPS) is 12.7. The van der Waals surface area contributed by atoms with Gasteiger partial charge in [0.15, 0.2) is 0 Å². The molecule has 0 fully saturated rings. The van der Waals surface area contributed by atoms with E-state index in [9.17, 15) is 0 Å². The first kappa shape index (κ1) is 16.4. The number of nitrogens with zero attached hydrogens (tertiary/aromatic N) is 2. The van der Waals surface area contributed by atoms with E-state index in [1.165, 1.54) is 16.8 Å². The summed E-state index contributed by atoms with van der Waals surface area (Å²) in [6, 6.07) is 6.16. The lowest BCUT2D eigenvalue weighted by molar-refractivity contribution is 0.639. The molecule has 0 radical (unpaired) electrons. The molecule has 1 heterocycles. The van der Waals surface area contributed by atoms with Crippen LogP contribution in [0.15, 0.2) is 18.2 Å². The molecule has 2 nitrogen and oxygen atoms in total. The molecule has 1 aromatic carbocycles. The van der Waals surface area contributed by atoms with Crippen LogP contribution in [0.1, 0.15) is 54.2 Å².